The minimum Gasteiger partial charge on any atom is -0.392 e. The monoisotopic (exact) mass is 389 g/mol. The van der Waals surface area contributed by atoms with Crippen LogP contribution in [0.15, 0.2) is 36.0 Å². The largest absolute Gasteiger partial charge is 0.392 e. The smallest absolute Gasteiger partial charge is 0.0723 e. The van der Waals surface area contributed by atoms with Crippen LogP contribution < -0.4 is 0 Å². The molecule has 6 atom stereocenters. The van der Waals surface area contributed by atoms with E-state index < -0.39 is 0 Å². The van der Waals surface area contributed by atoms with Gasteiger partial charge in [0.1, 0.15) is 0 Å². The molecule has 28 heavy (non-hydrogen) atoms. The van der Waals surface area contributed by atoms with Crippen LogP contribution in [0, 0.1) is 23.7 Å². The molecule has 2 N–H and O–H groups in total. The van der Waals surface area contributed by atoms with Gasteiger partial charge in [-0.3, -0.25) is 0 Å². The first-order valence-corrected chi connectivity index (χ1v) is 11.5. The molecule has 2 aliphatic carbocycles. The van der Waals surface area contributed by atoms with E-state index in [-0.39, 0.29) is 18.1 Å². The van der Waals surface area contributed by atoms with E-state index in [0.717, 1.165) is 32.2 Å². The van der Waals surface area contributed by atoms with Gasteiger partial charge >= 0.3 is 0 Å². The summed E-state index contributed by atoms with van der Waals surface area (Å²) in [5.41, 5.74) is 1.43. The van der Waals surface area contributed by atoms with Crippen molar-refractivity contribution in [3.63, 3.8) is 0 Å². The second kappa shape index (κ2) is 11.9. The predicted octanol–water partition coefficient (Wildman–Crippen LogP) is 4.96. The summed E-state index contributed by atoms with van der Waals surface area (Å²) < 4.78 is 0. The van der Waals surface area contributed by atoms with Gasteiger partial charge in [0.2, 0.25) is 0 Å². The molecule has 0 bridgehead atoms. The normalized spacial score (nSPS) is 29.8. The number of aliphatic hydroxyl groups excluding tert-OH is 2. The van der Waals surface area contributed by atoms with E-state index in [2.05, 4.69) is 57.1 Å². The Morgan fingerprint density at radius 3 is 2.79 bits per heavy atom. The molecule has 0 unspecified atom stereocenters. The Morgan fingerprint density at radius 1 is 1.29 bits per heavy atom. The number of hydrogen-bond acceptors (Lipinski definition) is 3. The lowest BCUT2D eigenvalue weighted by molar-refractivity contribution is 0.139. The van der Waals surface area contributed by atoms with Crippen LogP contribution in [-0.4, -0.2) is 48.0 Å². The molecule has 0 aromatic carbocycles. The molecule has 0 spiro atoms. The first-order valence-electron chi connectivity index (χ1n) is 11.5. The van der Waals surface area contributed by atoms with Gasteiger partial charge in [0.15, 0.2) is 0 Å². The summed E-state index contributed by atoms with van der Waals surface area (Å²) in [7, 11) is 4.23. The van der Waals surface area contributed by atoms with Crippen LogP contribution in [0.25, 0.3) is 0 Å². The van der Waals surface area contributed by atoms with Crippen molar-refractivity contribution < 1.29 is 10.2 Å². The van der Waals surface area contributed by atoms with Gasteiger partial charge in [-0.05, 0) is 70.5 Å². The standard InChI is InChI=1S/C25H43NO2/c1-5-6-10-19(2)15-22(27)12-13-23-24-17-20(16-21(24)18-25(23)28)11-8-7-9-14-26(3)4/h8,11-13,16,19,21-25,27-28H,5-7,9-10,14-15,17-18H2,1-4H3/b11-8-,13-12+/t19-,21-,22+,23+,24-,25+/m0/s1. The van der Waals surface area contributed by atoms with Gasteiger partial charge in [0.05, 0.1) is 12.2 Å². The van der Waals surface area contributed by atoms with Crippen molar-refractivity contribution in [2.24, 2.45) is 23.7 Å². The van der Waals surface area contributed by atoms with E-state index in [1.54, 1.807) is 0 Å². The van der Waals surface area contributed by atoms with Gasteiger partial charge in [-0.25, -0.2) is 0 Å². The molecule has 3 heteroatoms. The van der Waals surface area contributed by atoms with Crippen molar-refractivity contribution >= 4 is 0 Å². The maximum atomic E-state index is 10.5. The van der Waals surface area contributed by atoms with Crippen molar-refractivity contribution in [2.75, 3.05) is 20.6 Å². The average molecular weight is 390 g/mol. The van der Waals surface area contributed by atoms with Gasteiger partial charge in [-0.1, -0.05) is 69.1 Å². The third-order valence-corrected chi connectivity index (χ3v) is 6.46. The van der Waals surface area contributed by atoms with Gasteiger partial charge in [0.25, 0.3) is 0 Å². The van der Waals surface area contributed by atoms with Crippen molar-refractivity contribution in [2.45, 2.75) is 77.4 Å². The summed E-state index contributed by atoms with van der Waals surface area (Å²) in [6, 6.07) is 0. The number of rotatable bonds is 12. The molecule has 0 saturated heterocycles. The Hall–Kier alpha value is -0.900. The second-order valence-electron chi connectivity index (χ2n) is 9.44. The van der Waals surface area contributed by atoms with E-state index in [0.29, 0.717) is 17.8 Å². The summed E-state index contributed by atoms with van der Waals surface area (Å²) >= 11 is 0. The first kappa shape index (κ1) is 23.4. The highest BCUT2D eigenvalue weighted by atomic mass is 16.3. The number of fused-ring (bicyclic) bond motifs is 1. The molecule has 0 heterocycles. The minimum absolute atomic E-state index is 0.182. The molecular formula is C25H43NO2. The Morgan fingerprint density at radius 2 is 2.07 bits per heavy atom. The number of nitrogens with zero attached hydrogens (tertiary/aromatic N) is 1. The minimum atomic E-state index is -0.386. The average Bonchev–Trinajstić information content (AvgIpc) is 3.14. The highest BCUT2D eigenvalue weighted by molar-refractivity contribution is 5.28. The summed E-state index contributed by atoms with van der Waals surface area (Å²) in [4.78, 5) is 2.23. The molecule has 160 valence electrons. The molecule has 1 fully saturated rings. The van der Waals surface area contributed by atoms with Gasteiger partial charge in [0, 0.05) is 5.92 Å². The Kier molecular flexibility index (Phi) is 9.98. The Balaban J connectivity index is 1.80. The third kappa shape index (κ3) is 7.50. The number of allylic oxidation sites excluding steroid dienone is 4. The molecule has 3 nitrogen and oxygen atoms in total. The second-order valence-corrected chi connectivity index (χ2v) is 9.44. The van der Waals surface area contributed by atoms with Crippen LogP contribution in [0.5, 0.6) is 0 Å². The Bertz CT molecular complexity index is 537. The fourth-order valence-electron chi connectivity index (χ4n) is 4.85. The molecule has 1 saturated carbocycles. The van der Waals surface area contributed by atoms with Gasteiger partial charge in [-0.2, -0.15) is 0 Å². The molecule has 0 aromatic heterocycles. The van der Waals surface area contributed by atoms with Crippen LogP contribution in [0.3, 0.4) is 0 Å². The molecule has 0 aromatic rings. The van der Waals surface area contributed by atoms with E-state index >= 15 is 0 Å². The lowest BCUT2D eigenvalue weighted by Gasteiger charge is -2.19. The Labute approximate surface area is 173 Å². The third-order valence-electron chi connectivity index (χ3n) is 6.46. The molecule has 0 radical (unpaired) electrons. The number of unbranched alkanes of at least 4 members (excludes halogenated alkanes) is 2. The zero-order chi connectivity index (χ0) is 20.5. The van der Waals surface area contributed by atoms with Gasteiger partial charge < -0.3 is 15.1 Å². The van der Waals surface area contributed by atoms with Crippen molar-refractivity contribution in [1.29, 1.82) is 0 Å². The van der Waals surface area contributed by atoms with E-state index in [4.69, 9.17) is 0 Å². The molecule has 0 aliphatic heterocycles. The molecule has 2 rings (SSSR count). The van der Waals surface area contributed by atoms with Crippen LogP contribution in [0.1, 0.15) is 65.2 Å². The van der Waals surface area contributed by atoms with E-state index in [9.17, 15) is 10.2 Å². The summed E-state index contributed by atoms with van der Waals surface area (Å²) in [6.45, 7) is 5.57. The zero-order valence-electron chi connectivity index (χ0n) is 18.6. The summed E-state index contributed by atoms with van der Waals surface area (Å²) in [6.07, 6.45) is 19.1. The predicted molar refractivity (Wildman–Crippen MR) is 119 cm³/mol. The molecule has 0 amide bonds. The van der Waals surface area contributed by atoms with Crippen LogP contribution in [-0.2, 0) is 0 Å². The fraction of sp³-hybridized carbons (Fsp3) is 0.760. The van der Waals surface area contributed by atoms with E-state index in [1.807, 2.05) is 6.08 Å². The maximum Gasteiger partial charge on any atom is 0.0723 e. The molecule has 2 aliphatic rings. The highest BCUT2D eigenvalue weighted by Gasteiger charge is 2.42. The topological polar surface area (TPSA) is 43.7 Å². The SMILES string of the molecule is CCCC[C@H](C)C[C@H](O)/C=C/[C@@H]1[C@H]2CC(/C=C\CCCN(C)C)=C[C@H]2C[C@H]1O. The zero-order valence-corrected chi connectivity index (χ0v) is 18.6. The van der Waals surface area contributed by atoms with Gasteiger partial charge in [-0.15, -0.1) is 0 Å². The number of aliphatic hydroxyl groups is 2. The fourth-order valence-corrected chi connectivity index (χ4v) is 4.85. The highest BCUT2D eigenvalue weighted by Crippen LogP contribution is 2.47. The number of hydrogen-bond donors (Lipinski definition) is 2. The van der Waals surface area contributed by atoms with Crippen molar-refractivity contribution in [3.05, 3.63) is 36.0 Å². The van der Waals surface area contributed by atoms with Crippen molar-refractivity contribution in [3.8, 4) is 0 Å². The van der Waals surface area contributed by atoms with E-state index in [1.165, 1.54) is 31.3 Å². The van der Waals surface area contributed by atoms with Crippen LogP contribution in [0.2, 0.25) is 0 Å². The summed E-state index contributed by atoms with van der Waals surface area (Å²) in [5, 5.41) is 20.9. The lowest BCUT2D eigenvalue weighted by Crippen LogP contribution is -2.18. The van der Waals surface area contributed by atoms with Crippen LogP contribution >= 0.6 is 0 Å². The van der Waals surface area contributed by atoms with Crippen LogP contribution in [0.4, 0.5) is 0 Å². The first-order chi connectivity index (χ1) is 13.4. The molecular weight excluding hydrogens is 346 g/mol. The summed E-state index contributed by atoms with van der Waals surface area (Å²) in [5.74, 6) is 1.73. The quantitative estimate of drug-likeness (QED) is 0.366. The maximum absolute atomic E-state index is 10.5. The lowest BCUT2D eigenvalue weighted by atomic mass is 9.88. The van der Waals surface area contributed by atoms with Crippen molar-refractivity contribution in [1.82, 2.24) is 4.90 Å².